The summed E-state index contributed by atoms with van der Waals surface area (Å²) in [6.07, 6.45) is 1.49. The highest BCUT2D eigenvalue weighted by atomic mass is 32.2. The van der Waals surface area contributed by atoms with Gasteiger partial charge in [-0.15, -0.1) is 0 Å². The van der Waals surface area contributed by atoms with E-state index in [1.54, 1.807) is 0 Å². The molecule has 0 unspecified atom stereocenters. The molecule has 0 heterocycles. The van der Waals surface area contributed by atoms with Crippen LogP contribution in [0.5, 0.6) is 5.75 Å². The van der Waals surface area contributed by atoms with Gasteiger partial charge in [0.15, 0.2) is 0 Å². The topological polar surface area (TPSA) is 111 Å². The first-order chi connectivity index (χ1) is 11.2. The predicted molar refractivity (Wildman–Crippen MR) is 82.7 cm³/mol. The van der Waals surface area contributed by atoms with Crippen LogP contribution in [0.1, 0.15) is 23.2 Å². The van der Waals surface area contributed by atoms with Gasteiger partial charge in [-0.1, -0.05) is 0 Å². The number of carbonyl (C=O) groups excluding carboxylic acids is 1. The number of rotatable bonds is 8. The molecule has 0 saturated heterocycles. The average molecular weight is 363 g/mol. The number of benzene rings is 1. The molecule has 0 aromatic heterocycles. The molecule has 7 nitrogen and oxygen atoms in total. The van der Waals surface area contributed by atoms with Crippen molar-refractivity contribution < 1.29 is 26.7 Å². The van der Waals surface area contributed by atoms with Crippen LogP contribution in [-0.2, 0) is 10.0 Å². The highest BCUT2D eigenvalue weighted by Crippen LogP contribution is 2.28. The largest absolute Gasteiger partial charge is 0.495 e. The van der Waals surface area contributed by atoms with Crippen molar-refractivity contribution >= 4 is 15.9 Å². The third-order valence-corrected chi connectivity index (χ3v) is 4.96. The molecule has 10 heteroatoms. The van der Waals surface area contributed by atoms with E-state index in [1.165, 1.54) is 19.2 Å². The maximum absolute atomic E-state index is 13.1. The second kappa shape index (κ2) is 6.99. The van der Waals surface area contributed by atoms with Crippen molar-refractivity contribution in [2.75, 3.05) is 20.2 Å². The lowest BCUT2D eigenvalue weighted by Crippen LogP contribution is -2.41. The average Bonchev–Trinajstić information content (AvgIpc) is 3.35. The molecule has 1 aromatic carbocycles. The zero-order valence-corrected chi connectivity index (χ0v) is 13.8. The number of halogens is 2. The van der Waals surface area contributed by atoms with Gasteiger partial charge < -0.3 is 15.8 Å². The summed E-state index contributed by atoms with van der Waals surface area (Å²) in [7, 11) is -2.57. The second-order valence-electron chi connectivity index (χ2n) is 5.50. The van der Waals surface area contributed by atoms with Crippen LogP contribution in [0, 0.1) is 0 Å². The summed E-state index contributed by atoms with van der Waals surface area (Å²) in [4.78, 5) is 11.8. The maximum atomic E-state index is 13.1. The Labute approximate surface area is 138 Å². The summed E-state index contributed by atoms with van der Waals surface area (Å²) in [6.45, 7) is -1.84. The van der Waals surface area contributed by atoms with E-state index in [9.17, 15) is 22.0 Å². The summed E-state index contributed by atoms with van der Waals surface area (Å²) in [5.74, 6) is -3.99. The van der Waals surface area contributed by atoms with E-state index >= 15 is 0 Å². The molecular weight excluding hydrogens is 344 g/mol. The third-order valence-electron chi connectivity index (χ3n) is 3.42. The summed E-state index contributed by atoms with van der Waals surface area (Å²) >= 11 is 0. The van der Waals surface area contributed by atoms with Gasteiger partial charge in [-0.25, -0.2) is 21.9 Å². The van der Waals surface area contributed by atoms with E-state index in [4.69, 9.17) is 10.5 Å². The van der Waals surface area contributed by atoms with E-state index in [-0.39, 0.29) is 22.3 Å². The van der Waals surface area contributed by atoms with Gasteiger partial charge in [0.05, 0.1) is 20.2 Å². The number of nitrogens with one attached hydrogen (secondary N) is 2. The van der Waals surface area contributed by atoms with Gasteiger partial charge in [0.1, 0.15) is 10.6 Å². The van der Waals surface area contributed by atoms with E-state index in [1.807, 2.05) is 5.32 Å². The van der Waals surface area contributed by atoms with Crippen LogP contribution in [0.15, 0.2) is 23.1 Å². The van der Waals surface area contributed by atoms with E-state index in [2.05, 4.69) is 4.72 Å². The maximum Gasteiger partial charge on any atom is 0.277 e. The molecule has 2 rings (SSSR count). The fourth-order valence-corrected chi connectivity index (χ4v) is 3.40. The molecule has 0 spiro atoms. The molecule has 1 aromatic rings. The van der Waals surface area contributed by atoms with Crippen LogP contribution < -0.4 is 20.5 Å². The minimum absolute atomic E-state index is 0.0620. The molecule has 0 atom stereocenters. The van der Waals surface area contributed by atoms with Gasteiger partial charge in [-0.05, 0) is 31.0 Å². The number of sulfonamides is 1. The van der Waals surface area contributed by atoms with Gasteiger partial charge >= 0.3 is 0 Å². The molecule has 1 saturated carbocycles. The molecule has 0 radical (unpaired) electrons. The normalized spacial score (nSPS) is 15.2. The Hall–Kier alpha value is -1.78. The number of alkyl halides is 2. The van der Waals surface area contributed by atoms with Gasteiger partial charge in [0.25, 0.3) is 11.8 Å². The minimum atomic E-state index is -3.87. The molecule has 0 aliphatic heterocycles. The zero-order chi connectivity index (χ0) is 18.0. The Morgan fingerprint density at radius 2 is 2.08 bits per heavy atom. The summed E-state index contributed by atoms with van der Waals surface area (Å²) in [5, 5.41) is 2.03. The minimum Gasteiger partial charge on any atom is -0.495 e. The third kappa shape index (κ3) is 4.62. The van der Waals surface area contributed by atoms with Crippen molar-refractivity contribution in [1.29, 1.82) is 0 Å². The smallest absolute Gasteiger partial charge is 0.277 e. The van der Waals surface area contributed by atoms with Crippen LogP contribution in [0.3, 0.4) is 0 Å². The van der Waals surface area contributed by atoms with E-state index in [0.717, 1.165) is 18.9 Å². The van der Waals surface area contributed by atoms with Crippen LogP contribution in [-0.4, -0.2) is 46.5 Å². The lowest BCUT2D eigenvalue weighted by molar-refractivity contribution is 0.0118. The Morgan fingerprint density at radius 1 is 1.42 bits per heavy atom. The summed E-state index contributed by atoms with van der Waals surface area (Å²) < 4.78 is 58.4. The predicted octanol–water partition coefficient (Wildman–Crippen LogP) is 0.460. The second-order valence-corrected chi connectivity index (χ2v) is 7.19. The molecule has 1 aliphatic carbocycles. The van der Waals surface area contributed by atoms with Crippen molar-refractivity contribution in [2.45, 2.75) is 29.7 Å². The summed E-state index contributed by atoms with van der Waals surface area (Å²) in [5.41, 5.74) is 4.83. The van der Waals surface area contributed by atoms with Crippen LogP contribution >= 0.6 is 0 Å². The Bertz CT molecular complexity index is 721. The molecule has 134 valence electrons. The van der Waals surface area contributed by atoms with Crippen molar-refractivity contribution in [1.82, 2.24) is 10.0 Å². The molecule has 1 amide bonds. The molecule has 4 N–H and O–H groups in total. The first-order valence-corrected chi connectivity index (χ1v) is 8.73. The van der Waals surface area contributed by atoms with Crippen molar-refractivity contribution in [3.05, 3.63) is 23.8 Å². The Kier molecular flexibility index (Phi) is 5.41. The lowest BCUT2D eigenvalue weighted by atomic mass is 10.2. The molecule has 24 heavy (non-hydrogen) atoms. The molecule has 1 fully saturated rings. The molecule has 0 bridgehead atoms. The molecule has 1 aliphatic rings. The first kappa shape index (κ1) is 18.6. The number of nitrogens with two attached hydrogens (primary N) is 1. The standard InChI is InChI=1S/C14H19F2N3O4S/c1-23-11-5-2-9(13(20)18-8-14(15,16)7-17)6-12(11)24(21,22)19-10-3-4-10/h2,5-6,10,19H,3-4,7-8,17H2,1H3,(H,18,20). The SMILES string of the molecule is COc1ccc(C(=O)NCC(F)(F)CN)cc1S(=O)(=O)NC1CC1. The van der Waals surface area contributed by atoms with Gasteiger partial charge in [-0.3, -0.25) is 4.79 Å². The van der Waals surface area contributed by atoms with Crippen molar-refractivity contribution in [3.63, 3.8) is 0 Å². The molecular formula is C14H19F2N3O4S. The number of amides is 1. The number of carbonyl (C=O) groups is 1. The van der Waals surface area contributed by atoms with Crippen molar-refractivity contribution in [2.24, 2.45) is 5.73 Å². The zero-order valence-electron chi connectivity index (χ0n) is 13.0. The Balaban J connectivity index is 2.23. The quantitative estimate of drug-likeness (QED) is 0.621. The number of hydrogen-bond donors (Lipinski definition) is 3. The highest BCUT2D eigenvalue weighted by Gasteiger charge is 2.31. The monoisotopic (exact) mass is 363 g/mol. The number of methoxy groups -OCH3 is 1. The summed E-state index contributed by atoms with van der Waals surface area (Å²) in [6, 6.07) is 3.57. The van der Waals surface area contributed by atoms with E-state index in [0.29, 0.717) is 0 Å². The highest BCUT2D eigenvalue weighted by molar-refractivity contribution is 7.89. The number of hydrogen-bond acceptors (Lipinski definition) is 5. The lowest BCUT2D eigenvalue weighted by Gasteiger charge is -2.15. The first-order valence-electron chi connectivity index (χ1n) is 7.25. The number of ether oxygens (including phenoxy) is 1. The fraction of sp³-hybridized carbons (Fsp3) is 0.500. The van der Waals surface area contributed by atoms with Crippen LogP contribution in [0.2, 0.25) is 0 Å². The Morgan fingerprint density at radius 3 is 2.62 bits per heavy atom. The van der Waals surface area contributed by atoms with Crippen LogP contribution in [0.4, 0.5) is 8.78 Å². The van der Waals surface area contributed by atoms with Gasteiger partial charge in [-0.2, -0.15) is 0 Å². The van der Waals surface area contributed by atoms with Crippen molar-refractivity contribution in [3.8, 4) is 5.75 Å². The van der Waals surface area contributed by atoms with Gasteiger partial charge in [0.2, 0.25) is 10.0 Å². The van der Waals surface area contributed by atoms with Gasteiger partial charge in [0, 0.05) is 11.6 Å². The fourth-order valence-electron chi connectivity index (χ4n) is 1.90. The van der Waals surface area contributed by atoms with Crippen LogP contribution in [0.25, 0.3) is 0 Å². The van der Waals surface area contributed by atoms with E-state index < -0.39 is 34.9 Å².